The molecule has 0 aliphatic rings. The molecule has 0 aromatic carbocycles. The van der Waals surface area contributed by atoms with Crippen molar-refractivity contribution in [3.63, 3.8) is 0 Å². The van der Waals surface area contributed by atoms with Gasteiger partial charge in [0.15, 0.2) is 9.84 Å². The second kappa shape index (κ2) is 4.94. The van der Waals surface area contributed by atoms with Gasteiger partial charge in [-0.2, -0.15) is 0 Å². The Morgan fingerprint density at radius 3 is 2.24 bits per heavy atom. The lowest BCUT2D eigenvalue weighted by atomic mass is 10.1. The first-order valence-electron chi connectivity index (χ1n) is 5.62. The van der Waals surface area contributed by atoms with E-state index < -0.39 is 15.1 Å². The van der Waals surface area contributed by atoms with Crippen molar-refractivity contribution >= 4 is 21.4 Å². The summed E-state index contributed by atoms with van der Waals surface area (Å²) in [5, 5.41) is -0.404. The van der Waals surface area contributed by atoms with Gasteiger partial charge in [0.25, 0.3) is 0 Å². The van der Waals surface area contributed by atoms with E-state index in [2.05, 4.69) is 4.98 Å². The molecule has 1 rings (SSSR count). The van der Waals surface area contributed by atoms with E-state index in [1.54, 1.807) is 20.8 Å². The highest BCUT2D eigenvalue weighted by atomic mass is 35.5. The second-order valence-corrected chi connectivity index (χ2v) is 7.17. The standard InChI is InChI=1S/C12H18ClNO2S/c1-6-10-8(4)11(12(13)14-9(10)5)17(15,16)7(2)3/h7H,6H2,1-5H3. The Kier molecular flexibility index (Phi) is 4.20. The first-order valence-corrected chi connectivity index (χ1v) is 7.55. The summed E-state index contributed by atoms with van der Waals surface area (Å²) < 4.78 is 24.5. The Morgan fingerprint density at radius 2 is 1.82 bits per heavy atom. The molecule has 1 aromatic rings. The van der Waals surface area contributed by atoms with Crippen molar-refractivity contribution in [2.24, 2.45) is 0 Å². The zero-order valence-electron chi connectivity index (χ0n) is 10.8. The van der Waals surface area contributed by atoms with Crippen LogP contribution in [0.1, 0.15) is 37.6 Å². The Balaban J connectivity index is 3.67. The van der Waals surface area contributed by atoms with Crippen LogP contribution in [-0.4, -0.2) is 18.7 Å². The molecule has 0 aliphatic heterocycles. The average Bonchev–Trinajstić information content (AvgIpc) is 2.16. The van der Waals surface area contributed by atoms with Gasteiger partial charge in [-0.25, -0.2) is 13.4 Å². The van der Waals surface area contributed by atoms with Crippen LogP contribution >= 0.6 is 11.6 Å². The molecular formula is C12H18ClNO2S. The molecule has 0 saturated heterocycles. The van der Waals surface area contributed by atoms with Gasteiger partial charge in [0, 0.05) is 5.69 Å². The van der Waals surface area contributed by atoms with Crippen molar-refractivity contribution in [1.29, 1.82) is 0 Å². The molecule has 1 heterocycles. The third kappa shape index (κ3) is 2.47. The molecule has 96 valence electrons. The largest absolute Gasteiger partial charge is 0.240 e. The summed E-state index contributed by atoms with van der Waals surface area (Å²) in [5.74, 6) is 0. The van der Waals surface area contributed by atoms with Crippen molar-refractivity contribution in [1.82, 2.24) is 4.98 Å². The maximum atomic E-state index is 12.2. The topological polar surface area (TPSA) is 47.0 Å². The SMILES string of the molecule is CCc1c(C)nc(Cl)c(S(=O)(=O)C(C)C)c1C. The van der Waals surface area contributed by atoms with Crippen LogP contribution in [0.15, 0.2) is 4.90 Å². The number of rotatable bonds is 3. The van der Waals surface area contributed by atoms with Crippen LogP contribution in [0.5, 0.6) is 0 Å². The van der Waals surface area contributed by atoms with Gasteiger partial charge < -0.3 is 0 Å². The Hall–Kier alpha value is -0.610. The summed E-state index contributed by atoms with van der Waals surface area (Å²) in [5.41, 5.74) is 2.50. The molecule has 1 aromatic heterocycles. The van der Waals surface area contributed by atoms with Gasteiger partial charge in [0.2, 0.25) is 0 Å². The number of hydrogen-bond donors (Lipinski definition) is 0. The van der Waals surface area contributed by atoms with Gasteiger partial charge in [0.05, 0.1) is 5.25 Å². The number of halogens is 1. The molecule has 0 amide bonds. The molecule has 0 aliphatic carbocycles. The number of aryl methyl sites for hydroxylation is 1. The van der Waals surface area contributed by atoms with Gasteiger partial charge in [-0.1, -0.05) is 18.5 Å². The van der Waals surface area contributed by atoms with E-state index in [1.807, 2.05) is 13.8 Å². The quantitative estimate of drug-likeness (QED) is 0.797. The van der Waals surface area contributed by atoms with E-state index in [4.69, 9.17) is 11.6 Å². The molecular weight excluding hydrogens is 258 g/mol. The van der Waals surface area contributed by atoms with Crippen molar-refractivity contribution < 1.29 is 8.42 Å². The summed E-state index contributed by atoms with van der Waals surface area (Å²) in [4.78, 5) is 4.33. The van der Waals surface area contributed by atoms with E-state index >= 15 is 0 Å². The van der Waals surface area contributed by atoms with Gasteiger partial charge >= 0.3 is 0 Å². The third-order valence-corrected chi connectivity index (χ3v) is 5.64. The Bertz CT molecular complexity index is 536. The lowest BCUT2D eigenvalue weighted by Crippen LogP contribution is -2.17. The maximum Gasteiger partial charge on any atom is 0.184 e. The molecule has 5 heteroatoms. The maximum absolute atomic E-state index is 12.2. The predicted octanol–water partition coefficient (Wildman–Crippen LogP) is 3.10. The molecule has 0 unspecified atom stereocenters. The average molecular weight is 276 g/mol. The summed E-state index contributed by atoms with van der Waals surface area (Å²) in [6.07, 6.45) is 0.752. The van der Waals surface area contributed by atoms with E-state index in [9.17, 15) is 8.42 Å². The lowest BCUT2D eigenvalue weighted by molar-refractivity contribution is 0.586. The molecule has 0 spiro atoms. The smallest absolute Gasteiger partial charge is 0.184 e. The minimum atomic E-state index is -3.38. The zero-order chi connectivity index (χ0) is 13.4. The first-order chi connectivity index (χ1) is 7.73. The summed E-state index contributed by atoms with van der Waals surface area (Å²) in [6.45, 7) is 8.93. The highest BCUT2D eigenvalue weighted by Gasteiger charge is 2.27. The minimum absolute atomic E-state index is 0.0888. The van der Waals surface area contributed by atoms with Crippen molar-refractivity contribution in [2.45, 2.75) is 51.2 Å². The van der Waals surface area contributed by atoms with Crippen LogP contribution in [0.4, 0.5) is 0 Å². The van der Waals surface area contributed by atoms with Gasteiger partial charge in [-0.15, -0.1) is 0 Å². The predicted molar refractivity (Wildman–Crippen MR) is 70.4 cm³/mol. The molecule has 0 radical (unpaired) electrons. The lowest BCUT2D eigenvalue weighted by Gasteiger charge is -2.16. The van der Waals surface area contributed by atoms with Gasteiger partial charge in [0.1, 0.15) is 10.0 Å². The first kappa shape index (κ1) is 14.5. The van der Waals surface area contributed by atoms with E-state index in [0.29, 0.717) is 0 Å². The molecule has 3 nitrogen and oxygen atoms in total. The summed E-state index contributed by atoms with van der Waals surface area (Å²) in [7, 11) is -3.38. The molecule has 17 heavy (non-hydrogen) atoms. The van der Waals surface area contributed by atoms with Crippen LogP contribution < -0.4 is 0 Å². The molecule has 0 atom stereocenters. The number of pyridine rings is 1. The fraction of sp³-hybridized carbons (Fsp3) is 0.583. The van der Waals surface area contributed by atoms with Gasteiger partial charge in [-0.05, 0) is 45.2 Å². The number of sulfone groups is 1. The normalized spacial score (nSPS) is 12.2. The Labute approximate surface area is 108 Å². The van der Waals surface area contributed by atoms with Crippen LogP contribution in [-0.2, 0) is 16.3 Å². The van der Waals surface area contributed by atoms with Crippen molar-refractivity contribution in [3.8, 4) is 0 Å². The molecule has 0 N–H and O–H groups in total. The molecule has 0 fully saturated rings. The van der Waals surface area contributed by atoms with Gasteiger partial charge in [-0.3, -0.25) is 0 Å². The third-order valence-electron chi connectivity index (χ3n) is 2.94. The fourth-order valence-electron chi connectivity index (χ4n) is 1.92. The molecule has 0 bridgehead atoms. The van der Waals surface area contributed by atoms with E-state index in [0.717, 1.165) is 23.2 Å². The highest BCUT2D eigenvalue weighted by Crippen LogP contribution is 2.30. The minimum Gasteiger partial charge on any atom is -0.240 e. The van der Waals surface area contributed by atoms with E-state index in [1.165, 1.54) is 0 Å². The fourth-order valence-corrected chi connectivity index (χ4v) is 3.81. The number of aromatic nitrogens is 1. The summed E-state index contributed by atoms with van der Waals surface area (Å²) >= 11 is 6.00. The monoisotopic (exact) mass is 275 g/mol. The van der Waals surface area contributed by atoms with Crippen LogP contribution in [0, 0.1) is 13.8 Å². The molecule has 0 saturated carbocycles. The number of hydrogen-bond acceptors (Lipinski definition) is 3. The van der Waals surface area contributed by atoms with Crippen LogP contribution in [0.3, 0.4) is 0 Å². The van der Waals surface area contributed by atoms with Crippen LogP contribution in [0.25, 0.3) is 0 Å². The second-order valence-electron chi connectivity index (χ2n) is 4.37. The Morgan fingerprint density at radius 1 is 1.29 bits per heavy atom. The van der Waals surface area contributed by atoms with Crippen LogP contribution in [0.2, 0.25) is 5.15 Å². The zero-order valence-corrected chi connectivity index (χ0v) is 12.4. The van der Waals surface area contributed by atoms with Crippen molar-refractivity contribution in [2.75, 3.05) is 0 Å². The summed E-state index contributed by atoms with van der Waals surface area (Å²) in [6, 6.07) is 0. The number of nitrogens with zero attached hydrogens (tertiary/aromatic N) is 1. The van der Waals surface area contributed by atoms with Crippen molar-refractivity contribution in [3.05, 3.63) is 22.0 Å². The van der Waals surface area contributed by atoms with E-state index in [-0.39, 0.29) is 10.0 Å². The highest BCUT2D eigenvalue weighted by molar-refractivity contribution is 7.92.